The summed E-state index contributed by atoms with van der Waals surface area (Å²) in [5.74, 6) is 2.35. The minimum atomic E-state index is -0.572. The van der Waals surface area contributed by atoms with Crippen molar-refractivity contribution >= 4 is 29.3 Å². The molecule has 2 aromatic rings. The third kappa shape index (κ3) is 6.10. The lowest BCUT2D eigenvalue weighted by Crippen LogP contribution is -2.50. The zero-order chi connectivity index (χ0) is 25.9. The monoisotopic (exact) mass is 519 g/mol. The van der Waals surface area contributed by atoms with Gasteiger partial charge in [0.2, 0.25) is 0 Å². The maximum atomic E-state index is 12.8. The van der Waals surface area contributed by atoms with Gasteiger partial charge in [-0.1, -0.05) is 23.7 Å². The summed E-state index contributed by atoms with van der Waals surface area (Å²) >= 11 is 6.57. The Bertz CT molecular complexity index is 1110. The van der Waals surface area contributed by atoms with Crippen LogP contribution in [0.15, 0.2) is 29.3 Å². The average Bonchev–Trinajstić information content (AvgIpc) is 3.16. The molecule has 2 aliphatic heterocycles. The molecule has 0 spiro atoms. The second-order valence-corrected chi connectivity index (χ2v) is 10.4. The van der Waals surface area contributed by atoms with Crippen LogP contribution < -0.4 is 10.6 Å². The normalized spacial score (nSPS) is 18.3. The van der Waals surface area contributed by atoms with Crippen molar-refractivity contribution in [2.75, 3.05) is 51.3 Å². The van der Waals surface area contributed by atoms with Crippen LogP contribution >= 0.6 is 11.6 Å². The molecule has 1 aromatic heterocycles. The van der Waals surface area contributed by atoms with Crippen molar-refractivity contribution in [3.05, 3.63) is 35.0 Å². The number of benzene rings is 1. The van der Waals surface area contributed by atoms with Gasteiger partial charge in [0.25, 0.3) is 0 Å². The number of piperazine rings is 1. The minimum absolute atomic E-state index is 0.162. The number of halogens is 2. The molecule has 4 rings (SSSR count). The first-order valence-corrected chi connectivity index (χ1v) is 12.7. The van der Waals surface area contributed by atoms with Gasteiger partial charge in [-0.3, -0.25) is 4.90 Å². The van der Waals surface area contributed by atoms with E-state index >= 15 is 0 Å². The fourth-order valence-corrected chi connectivity index (χ4v) is 4.63. The minimum Gasteiger partial charge on any atom is -0.444 e. The van der Waals surface area contributed by atoms with Gasteiger partial charge in [-0.2, -0.15) is 0 Å². The van der Waals surface area contributed by atoms with E-state index in [0.717, 1.165) is 49.1 Å². The average molecular weight is 520 g/mol. The molecule has 0 bridgehead atoms. The highest BCUT2D eigenvalue weighted by molar-refractivity contribution is 6.33. The quantitative estimate of drug-likeness (QED) is 0.603. The first-order valence-electron chi connectivity index (χ1n) is 12.4. The van der Waals surface area contributed by atoms with Gasteiger partial charge in [-0.25, -0.2) is 19.2 Å². The first-order chi connectivity index (χ1) is 17.2. The molecule has 1 fully saturated rings. The number of amides is 1. The number of carbonyl (C=O) groups is 1. The molecule has 0 saturated carbocycles. The summed E-state index contributed by atoms with van der Waals surface area (Å²) in [6, 6.07) is 7.58. The number of aliphatic imine (C=N–C) groups is 1. The predicted molar refractivity (Wildman–Crippen MR) is 141 cm³/mol. The van der Waals surface area contributed by atoms with Crippen molar-refractivity contribution < 1.29 is 13.9 Å². The fraction of sp³-hybridized carbons (Fsp3) is 0.560. The SMILES string of the molecule is CC1N=C(N2CCN(CCF)CC2)c2nc(-c3ccccc3Cl)n(CCNC(=O)OC(C)(C)C)c2N1. The Labute approximate surface area is 216 Å². The van der Waals surface area contributed by atoms with Crippen LogP contribution in [-0.2, 0) is 11.3 Å². The summed E-state index contributed by atoms with van der Waals surface area (Å²) in [5, 5.41) is 6.88. The van der Waals surface area contributed by atoms with Gasteiger partial charge in [-0.15, -0.1) is 0 Å². The molecule has 1 aromatic carbocycles. The third-order valence-electron chi connectivity index (χ3n) is 6.03. The largest absolute Gasteiger partial charge is 0.444 e. The summed E-state index contributed by atoms with van der Waals surface area (Å²) in [6.07, 6.45) is -0.629. The molecule has 3 heterocycles. The smallest absolute Gasteiger partial charge is 0.407 e. The number of anilines is 1. The second-order valence-electron chi connectivity index (χ2n) is 9.98. The van der Waals surface area contributed by atoms with Crippen molar-refractivity contribution in [1.82, 2.24) is 24.7 Å². The molecule has 1 atom stereocenters. The summed E-state index contributed by atoms with van der Waals surface area (Å²) in [4.78, 5) is 26.5. The van der Waals surface area contributed by atoms with Crippen molar-refractivity contribution in [2.24, 2.45) is 4.99 Å². The zero-order valence-corrected chi connectivity index (χ0v) is 22.1. The van der Waals surface area contributed by atoms with Crippen LogP contribution in [0.25, 0.3) is 11.4 Å². The maximum absolute atomic E-state index is 12.8. The van der Waals surface area contributed by atoms with Crippen LogP contribution in [0.2, 0.25) is 5.02 Å². The van der Waals surface area contributed by atoms with E-state index in [0.29, 0.717) is 30.5 Å². The highest BCUT2D eigenvalue weighted by atomic mass is 35.5. The van der Waals surface area contributed by atoms with Gasteiger partial charge in [0.05, 0.1) is 5.02 Å². The number of amidine groups is 1. The molecule has 0 radical (unpaired) electrons. The van der Waals surface area contributed by atoms with Gasteiger partial charge in [-0.05, 0) is 39.8 Å². The van der Waals surface area contributed by atoms with E-state index < -0.39 is 11.7 Å². The number of hydrogen-bond donors (Lipinski definition) is 2. The lowest BCUT2D eigenvalue weighted by molar-refractivity contribution is 0.0526. The molecular formula is C25H35ClFN7O2. The van der Waals surface area contributed by atoms with Crippen molar-refractivity contribution in [2.45, 2.75) is 46.0 Å². The van der Waals surface area contributed by atoms with Crippen molar-refractivity contribution in [3.63, 3.8) is 0 Å². The van der Waals surface area contributed by atoms with E-state index in [9.17, 15) is 9.18 Å². The highest BCUT2D eigenvalue weighted by Gasteiger charge is 2.32. The van der Waals surface area contributed by atoms with Crippen LogP contribution in [0.1, 0.15) is 33.4 Å². The second kappa shape index (κ2) is 11.0. The number of imidazole rings is 1. The van der Waals surface area contributed by atoms with E-state index in [4.69, 9.17) is 26.3 Å². The Hall–Kier alpha value is -2.85. The standard InChI is InChI=1S/C25H35ClFN7O2/c1-17-29-22(33-15-13-32(11-9-27)14-16-33)20-23(30-17)34(12-10-28-24(35)36-25(2,3)4)21(31-20)18-7-5-6-8-19(18)26/h5-8,17,30H,9-16H2,1-4H3,(H,28,35). The number of alkyl halides is 1. The summed E-state index contributed by atoms with van der Waals surface area (Å²) in [5.41, 5.74) is 0.976. The van der Waals surface area contributed by atoms with E-state index in [-0.39, 0.29) is 12.8 Å². The summed E-state index contributed by atoms with van der Waals surface area (Å²) < 4.78 is 20.2. The van der Waals surface area contributed by atoms with Gasteiger partial charge in [0.1, 0.15) is 35.8 Å². The van der Waals surface area contributed by atoms with Gasteiger partial charge in [0.15, 0.2) is 5.84 Å². The molecule has 11 heteroatoms. The first kappa shape index (κ1) is 26.2. The number of aromatic nitrogens is 2. The third-order valence-corrected chi connectivity index (χ3v) is 6.36. The molecule has 9 nitrogen and oxygen atoms in total. The summed E-state index contributed by atoms with van der Waals surface area (Å²) in [6.45, 7) is 11.5. The Morgan fingerprint density at radius 2 is 1.94 bits per heavy atom. The van der Waals surface area contributed by atoms with Crippen molar-refractivity contribution in [3.8, 4) is 11.4 Å². The topological polar surface area (TPSA) is 87.0 Å². The number of nitrogens with zero attached hydrogens (tertiary/aromatic N) is 5. The zero-order valence-electron chi connectivity index (χ0n) is 21.4. The van der Waals surface area contributed by atoms with Gasteiger partial charge in [0, 0.05) is 51.4 Å². The molecule has 2 N–H and O–H groups in total. The molecule has 1 amide bonds. The molecule has 1 unspecified atom stereocenters. The molecule has 196 valence electrons. The van der Waals surface area contributed by atoms with Crippen LogP contribution in [0.4, 0.5) is 15.0 Å². The predicted octanol–water partition coefficient (Wildman–Crippen LogP) is 3.83. The lowest BCUT2D eigenvalue weighted by atomic mass is 10.2. The number of fused-ring (bicyclic) bond motifs is 1. The van der Waals surface area contributed by atoms with Crippen LogP contribution in [-0.4, -0.2) is 89.0 Å². The highest BCUT2D eigenvalue weighted by Crippen LogP contribution is 2.34. The van der Waals surface area contributed by atoms with E-state index in [2.05, 4.69) is 20.4 Å². The van der Waals surface area contributed by atoms with Crippen LogP contribution in [0.5, 0.6) is 0 Å². The van der Waals surface area contributed by atoms with E-state index in [1.54, 1.807) is 0 Å². The van der Waals surface area contributed by atoms with E-state index in [1.807, 2.05) is 56.5 Å². The van der Waals surface area contributed by atoms with Crippen LogP contribution in [0, 0.1) is 0 Å². The Morgan fingerprint density at radius 3 is 2.61 bits per heavy atom. The maximum Gasteiger partial charge on any atom is 0.407 e. The number of nitrogens with one attached hydrogen (secondary N) is 2. The molecule has 0 aliphatic carbocycles. The Morgan fingerprint density at radius 1 is 1.22 bits per heavy atom. The van der Waals surface area contributed by atoms with Crippen molar-refractivity contribution in [1.29, 1.82) is 0 Å². The molecule has 2 aliphatic rings. The number of ether oxygens (including phenoxy) is 1. The number of rotatable bonds is 6. The van der Waals surface area contributed by atoms with Crippen LogP contribution in [0.3, 0.4) is 0 Å². The van der Waals surface area contributed by atoms with E-state index in [1.165, 1.54) is 0 Å². The number of hydrogen-bond acceptors (Lipinski definition) is 7. The van der Waals surface area contributed by atoms with Gasteiger partial charge >= 0.3 is 6.09 Å². The molecule has 36 heavy (non-hydrogen) atoms. The Balaban J connectivity index is 1.63. The number of alkyl carbamates (subject to hydrolysis) is 1. The lowest BCUT2D eigenvalue weighted by Gasteiger charge is -2.37. The molecular weight excluding hydrogens is 485 g/mol. The molecule has 1 saturated heterocycles. The fourth-order valence-electron chi connectivity index (χ4n) is 4.41. The van der Waals surface area contributed by atoms with Gasteiger partial charge < -0.3 is 24.8 Å². The Kier molecular flexibility index (Phi) is 8.04. The summed E-state index contributed by atoms with van der Waals surface area (Å²) in [7, 11) is 0. The number of carbonyl (C=O) groups excluding carboxylic acids is 1.